The molecule has 0 bridgehead atoms. The predicted octanol–water partition coefficient (Wildman–Crippen LogP) is 3.28. The first-order valence-corrected chi connectivity index (χ1v) is 7.44. The smallest absolute Gasteiger partial charge is 0.231 e. The molecule has 0 atom stereocenters. The number of thiocarbonyl (C=S) groups is 1. The zero-order chi connectivity index (χ0) is 13.0. The molecule has 0 saturated carbocycles. The highest BCUT2D eigenvalue weighted by molar-refractivity contribution is 8.22. The molecule has 0 aromatic heterocycles. The largest absolute Gasteiger partial charge is 0.454 e. The SMILES string of the molecule is CCN(CC)C(=S)SCc1ccc2c(c1)OCO2. The van der Waals surface area contributed by atoms with Crippen molar-refractivity contribution in [2.75, 3.05) is 19.9 Å². The number of hydrogen-bond donors (Lipinski definition) is 0. The Bertz CT molecular complexity index is 433. The minimum absolute atomic E-state index is 0.323. The van der Waals surface area contributed by atoms with E-state index >= 15 is 0 Å². The van der Waals surface area contributed by atoms with Crippen LogP contribution >= 0.6 is 24.0 Å². The number of thioether (sulfide) groups is 1. The standard InChI is InChI=1S/C13H17NO2S2/c1-3-14(4-2)13(17)18-8-10-5-6-11-12(7-10)16-9-15-11/h5-7H,3-4,8-9H2,1-2H3. The normalized spacial score (nSPS) is 12.6. The van der Waals surface area contributed by atoms with Crippen molar-refractivity contribution < 1.29 is 9.47 Å². The second-order valence-corrected chi connectivity index (χ2v) is 5.52. The van der Waals surface area contributed by atoms with Crippen molar-refractivity contribution in [3.63, 3.8) is 0 Å². The van der Waals surface area contributed by atoms with Crippen LogP contribution in [0.5, 0.6) is 11.5 Å². The summed E-state index contributed by atoms with van der Waals surface area (Å²) in [7, 11) is 0. The molecule has 1 aromatic rings. The molecule has 1 heterocycles. The highest BCUT2D eigenvalue weighted by Crippen LogP contribution is 2.33. The summed E-state index contributed by atoms with van der Waals surface area (Å²) in [5.41, 5.74) is 1.21. The summed E-state index contributed by atoms with van der Waals surface area (Å²) in [6, 6.07) is 6.05. The van der Waals surface area contributed by atoms with Crippen LogP contribution < -0.4 is 9.47 Å². The maximum atomic E-state index is 5.41. The molecule has 0 unspecified atom stereocenters. The third-order valence-electron chi connectivity index (χ3n) is 2.82. The Labute approximate surface area is 117 Å². The summed E-state index contributed by atoms with van der Waals surface area (Å²) in [5.74, 6) is 2.53. The molecule has 0 N–H and O–H groups in total. The van der Waals surface area contributed by atoms with Gasteiger partial charge in [0, 0.05) is 18.8 Å². The van der Waals surface area contributed by atoms with Gasteiger partial charge in [-0.15, -0.1) is 0 Å². The average molecular weight is 283 g/mol. The minimum Gasteiger partial charge on any atom is -0.454 e. The minimum atomic E-state index is 0.323. The van der Waals surface area contributed by atoms with E-state index in [2.05, 4.69) is 24.8 Å². The van der Waals surface area contributed by atoms with Crippen molar-refractivity contribution in [2.24, 2.45) is 0 Å². The molecule has 2 rings (SSSR count). The Hall–Kier alpha value is -0.940. The van der Waals surface area contributed by atoms with Gasteiger partial charge in [-0.3, -0.25) is 0 Å². The van der Waals surface area contributed by atoms with Crippen molar-refractivity contribution >= 4 is 28.3 Å². The van der Waals surface area contributed by atoms with Gasteiger partial charge in [-0.05, 0) is 31.5 Å². The van der Waals surface area contributed by atoms with E-state index < -0.39 is 0 Å². The third-order valence-corrected chi connectivity index (χ3v) is 4.42. The summed E-state index contributed by atoms with van der Waals surface area (Å²) < 4.78 is 11.6. The number of hydrogen-bond acceptors (Lipinski definition) is 4. The highest BCUT2D eigenvalue weighted by atomic mass is 32.2. The molecule has 1 aromatic carbocycles. The Morgan fingerprint density at radius 2 is 2.00 bits per heavy atom. The van der Waals surface area contributed by atoms with Crippen molar-refractivity contribution in [3.05, 3.63) is 23.8 Å². The lowest BCUT2D eigenvalue weighted by Crippen LogP contribution is -2.26. The molecule has 0 aliphatic carbocycles. The quantitative estimate of drug-likeness (QED) is 0.789. The Morgan fingerprint density at radius 1 is 1.28 bits per heavy atom. The van der Waals surface area contributed by atoms with Crippen LogP contribution in [0.3, 0.4) is 0 Å². The summed E-state index contributed by atoms with van der Waals surface area (Å²) >= 11 is 7.10. The zero-order valence-electron chi connectivity index (χ0n) is 10.6. The number of benzene rings is 1. The van der Waals surface area contributed by atoms with Crippen molar-refractivity contribution in [3.8, 4) is 11.5 Å². The summed E-state index contributed by atoms with van der Waals surface area (Å²) in [6.45, 7) is 6.49. The van der Waals surface area contributed by atoms with Crippen LogP contribution in [0.25, 0.3) is 0 Å². The Balaban J connectivity index is 1.92. The van der Waals surface area contributed by atoms with E-state index in [4.69, 9.17) is 21.7 Å². The van der Waals surface area contributed by atoms with Crippen LogP contribution in [0.4, 0.5) is 0 Å². The topological polar surface area (TPSA) is 21.7 Å². The van der Waals surface area contributed by atoms with Gasteiger partial charge in [-0.2, -0.15) is 0 Å². The number of rotatable bonds is 4. The van der Waals surface area contributed by atoms with Crippen LogP contribution in [0.1, 0.15) is 19.4 Å². The molecule has 0 radical (unpaired) electrons. The lowest BCUT2D eigenvalue weighted by atomic mass is 10.2. The van der Waals surface area contributed by atoms with E-state index in [1.807, 2.05) is 12.1 Å². The lowest BCUT2D eigenvalue weighted by Gasteiger charge is -2.20. The van der Waals surface area contributed by atoms with Crippen molar-refractivity contribution in [1.82, 2.24) is 4.90 Å². The van der Waals surface area contributed by atoms with Crippen LogP contribution in [0.2, 0.25) is 0 Å². The Kier molecular flexibility index (Phi) is 4.72. The van der Waals surface area contributed by atoms with Gasteiger partial charge in [0.1, 0.15) is 4.32 Å². The zero-order valence-corrected chi connectivity index (χ0v) is 12.3. The highest BCUT2D eigenvalue weighted by Gasteiger charge is 2.13. The van der Waals surface area contributed by atoms with Crippen LogP contribution in [0, 0.1) is 0 Å². The summed E-state index contributed by atoms with van der Waals surface area (Å²) in [6.07, 6.45) is 0. The lowest BCUT2D eigenvalue weighted by molar-refractivity contribution is 0.174. The monoisotopic (exact) mass is 283 g/mol. The maximum Gasteiger partial charge on any atom is 0.231 e. The molecule has 3 nitrogen and oxygen atoms in total. The van der Waals surface area contributed by atoms with Crippen LogP contribution in [0.15, 0.2) is 18.2 Å². The molecule has 0 amide bonds. The molecule has 5 heteroatoms. The second kappa shape index (κ2) is 6.29. The van der Waals surface area contributed by atoms with E-state index in [-0.39, 0.29) is 0 Å². The van der Waals surface area contributed by atoms with E-state index in [0.717, 1.165) is 34.7 Å². The summed E-state index contributed by atoms with van der Waals surface area (Å²) in [5, 5.41) is 0. The first-order valence-electron chi connectivity index (χ1n) is 6.04. The molecule has 0 fully saturated rings. The van der Waals surface area contributed by atoms with E-state index in [0.29, 0.717) is 6.79 Å². The molecule has 98 valence electrons. The van der Waals surface area contributed by atoms with Crippen molar-refractivity contribution in [2.45, 2.75) is 19.6 Å². The van der Waals surface area contributed by atoms with Gasteiger partial charge in [0.2, 0.25) is 6.79 Å². The van der Waals surface area contributed by atoms with Gasteiger partial charge >= 0.3 is 0 Å². The van der Waals surface area contributed by atoms with Crippen LogP contribution in [-0.4, -0.2) is 29.1 Å². The fourth-order valence-electron chi connectivity index (χ4n) is 1.75. The predicted molar refractivity (Wildman–Crippen MR) is 79.4 cm³/mol. The molecular weight excluding hydrogens is 266 g/mol. The van der Waals surface area contributed by atoms with Gasteiger partial charge in [-0.1, -0.05) is 30.0 Å². The van der Waals surface area contributed by atoms with Crippen LogP contribution in [-0.2, 0) is 5.75 Å². The number of fused-ring (bicyclic) bond motifs is 1. The maximum absolute atomic E-state index is 5.41. The van der Waals surface area contributed by atoms with Gasteiger partial charge < -0.3 is 14.4 Å². The molecule has 18 heavy (non-hydrogen) atoms. The fourth-order valence-corrected chi connectivity index (χ4v) is 3.09. The molecule has 1 aliphatic rings. The first-order chi connectivity index (χ1) is 8.74. The van der Waals surface area contributed by atoms with E-state index in [9.17, 15) is 0 Å². The number of nitrogens with zero attached hydrogens (tertiary/aromatic N) is 1. The third kappa shape index (κ3) is 3.09. The average Bonchev–Trinajstić information content (AvgIpc) is 2.85. The second-order valence-electron chi connectivity index (χ2n) is 3.91. The van der Waals surface area contributed by atoms with Gasteiger partial charge in [0.15, 0.2) is 11.5 Å². The van der Waals surface area contributed by atoms with Gasteiger partial charge in [-0.25, -0.2) is 0 Å². The first kappa shape index (κ1) is 13.5. The Morgan fingerprint density at radius 3 is 2.72 bits per heavy atom. The van der Waals surface area contributed by atoms with Gasteiger partial charge in [0.25, 0.3) is 0 Å². The summed E-state index contributed by atoms with van der Waals surface area (Å²) in [4.78, 5) is 2.19. The molecule has 0 saturated heterocycles. The molecule has 0 spiro atoms. The number of ether oxygens (including phenoxy) is 2. The van der Waals surface area contributed by atoms with Crippen molar-refractivity contribution in [1.29, 1.82) is 0 Å². The van der Waals surface area contributed by atoms with E-state index in [1.54, 1.807) is 11.8 Å². The van der Waals surface area contributed by atoms with E-state index in [1.165, 1.54) is 5.56 Å². The fraction of sp³-hybridized carbons (Fsp3) is 0.462. The molecular formula is C13H17NO2S2. The molecule has 1 aliphatic heterocycles. The van der Waals surface area contributed by atoms with Gasteiger partial charge in [0.05, 0.1) is 0 Å².